The predicted molar refractivity (Wildman–Crippen MR) is 88.8 cm³/mol. The van der Waals surface area contributed by atoms with Gasteiger partial charge in [0.1, 0.15) is 12.1 Å². The van der Waals surface area contributed by atoms with Crippen molar-refractivity contribution in [1.82, 2.24) is 15.3 Å². The van der Waals surface area contributed by atoms with Gasteiger partial charge in [0.05, 0.1) is 5.69 Å². The van der Waals surface area contributed by atoms with Gasteiger partial charge in [-0.2, -0.15) is 0 Å². The Kier molecular flexibility index (Phi) is 5.06. The number of rotatable bonds is 4. The molecule has 1 aromatic heterocycles. The Morgan fingerprint density at radius 2 is 1.96 bits per heavy atom. The average molecular weight is 348 g/mol. The van der Waals surface area contributed by atoms with Crippen LogP contribution in [-0.4, -0.2) is 40.3 Å². The highest BCUT2D eigenvalue weighted by atomic mass is 19.3. The largest absolute Gasteiger partial charge is 0.465 e. The highest BCUT2D eigenvalue weighted by Gasteiger charge is 2.22. The average Bonchev–Trinajstić information content (AvgIpc) is 2.62. The predicted octanol–water partition coefficient (Wildman–Crippen LogP) is 3.32. The van der Waals surface area contributed by atoms with E-state index in [9.17, 15) is 13.6 Å². The van der Waals surface area contributed by atoms with E-state index in [1.54, 1.807) is 24.3 Å². The summed E-state index contributed by atoms with van der Waals surface area (Å²) in [6.07, 6.45) is -0.897. The lowest BCUT2D eigenvalue weighted by Gasteiger charge is -2.32. The Morgan fingerprint density at radius 1 is 1.24 bits per heavy atom. The van der Waals surface area contributed by atoms with Crippen LogP contribution in [0, 0.1) is 0 Å². The van der Waals surface area contributed by atoms with Gasteiger partial charge in [0, 0.05) is 36.3 Å². The molecule has 0 unspecified atom stereocenters. The number of halogens is 2. The molecule has 0 spiro atoms. The van der Waals surface area contributed by atoms with E-state index in [0.29, 0.717) is 43.0 Å². The summed E-state index contributed by atoms with van der Waals surface area (Å²) in [6, 6.07) is 7.92. The van der Waals surface area contributed by atoms with E-state index < -0.39 is 12.5 Å². The van der Waals surface area contributed by atoms with Gasteiger partial charge < -0.3 is 15.3 Å². The summed E-state index contributed by atoms with van der Waals surface area (Å²) in [5.41, 5.74) is 0.784. The van der Waals surface area contributed by atoms with Crippen LogP contribution in [0.2, 0.25) is 0 Å². The zero-order chi connectivity index (χ0) is 17.8. The van der Waals surface area contributed by atoms with Gasteiger partial charge in [-0.15, -0.1) is 0 Å². The molecule has 2 heterocycles. The molecule has 2 aromatic rings. The van der Waals surface area contributed by atoms with Crippen molar-refractivity contribution < 1.29 is 18.7 Å². The fraction of sp³-hybridized carbons (Fsp3) is 0.353. The lowest BCUT2D eigenvalue weighted by Crippen LogP contribution is -2.44. The summed E-state index contributed by atoms with van der Waals surface area (Å²) in [4.78, 5) is 21.1. The van der Waals surface area contributed by atoms with Gasteiger partial charge in [-0.05, 0) is 12.8 Å². The summed E-state index contributed by atoms with van der Waals surface area (Å²) >= 11 is 0. The molecule has 3 rings (SSSR count). The topological polar surface area (TPSA) is 78.4 Å². The number of piperidine rings is 1. The number of carbonyl (C=O) groups is 1. The molecule has 1 amide bonds. The molecule has 1 saturated heterocycles. The third-order valence-electron chi connectivity index (χ3n) is 4.27. The molecule has 25 heavy (non-hydrogen) atoms. The van der Waals surface area contributed by atoms with Crippen molar-refractivity contribution in [2.75, 3.05) is 18.0 Å². The maximum atomic E-state index is 13.2. The molecule has 1 aliphatic rings. The molecule has 1 fully saturated rings. The first-order valence-electron chi connectivity index (χ1n) is 7.98. The number of amides is 1. The molecule has 0 radical (unpaired) electrons. The van der Waals surface area contributed by atoms with Crippen molar-refractivity contribution >= 4 is 11.9 Å². The summed E-state index contributed by atoms with van der Waals surface area (Å²) in [5.74, 6) is 0.655. The number of alkyl halides is 2. The van der Waals surface area contributed by atoms with Crippen molar-refractivity contribution in [1.29, 1.82) is 0 Å². The first-order valence-corrected chi connectivity index (χ1v) is 7.98. The number of anilines is 1. The van der Waals surface area contributed by atoms with Crippen molar-refractivity contribution in [3.63, 3.8) is 0 Å². The zero-order valence-electron chi connectivity index (χ0n) is 13.4. The van der Waals surface area contributed by atoms with Crippen LogP contribution in [0.25, 0.3) is 11.3 Å². The van der Waals surface area contributed by atoms with Gasteiger partial charge in [-0.25, -0.2) is 23.5 Å². The van der Waals surface area contributed by atoms with Crippen LogP contribution < -0.4 is 10.2 Å². The summed E-state index contributed by atoms with van der Waals surface area (Å²) < 4.78 is 26.4. The maximum Gasteiger partial charge on any atom is 0.404 e. The third-order valence-corrected chi connectivity index (χ3v) is 4.27. The first kappa shape index (κ1) is 17.1. The van der Waals surface area contributed by atoms with Gasteiger partial charge >= 0.3 is 6.09 Å². The second-order valence-corrected chi connectivity index (χ2v) is 5.86. The van der Waals surface area contributed by atoms with Crippen molar-refractivity contribution in [2.45, 2.75) is 25.3 Å². The van der Waals surface area contributed by atoms with Crippen LogP contribution in [0.4, 0.5) is 19.4 Å². The van der Waals surface area contributed by atoms with E-state index in [1.165, 1.54) is 12.4 Å². The van der Waals surface area contributed by atoms with Gasteiger partial charge in [-0.1, -0.05) is 24.3 Å². The van der Waals surface area contributed by atoms with Crippen LogP contribution in [-0.2, 0) is 0 Å². The molecule has 8 heteroatoms. The summed E-state index contributed by atoms with van der Waals surface area (Å²) in [6.45, 7) is 1.27. The molecule has 2 N–H and O–H groups in total. The van der Waals surface area contributed by atoms with Gasteiger partial charge in [0.2, 0.25) is 0 Å². The van der Waals surface area contributed by atoms with Gasteiger partial charge in [0.25, 0.3) is 6.43 Å². The van der Waals surface area contributed by atoms with E-state index in [-0.39, 0.29) is 11.6 Å². The number of nitrogens with zero attached hydrogens (tertiary/aromatic N) is 3. The molecule has 0 saturated carbocycles. The molecule has 1 aliphatic heterocycles. The van der Waals surface area contributed by atoms with Crippen LogP contribution in [0.5, 0.6) is 0 Å². The van der Waals surface area contributed by atoms with E-state index >= 15 is 0 Å². The molecule has 1 aromatic carbocycles. The number of benzene rings is 1. The first-order chi connectivity index (χ1) is 12.0. The monoisotopic (exact) mass is 348 g/mol. The lowest BCUT2D eigenvalue weighted by molar-refractivity contribution is 0.152. The van der Waals surface area contributed by atoms with Gasteiger partial charge in [0.15, 0.2) is 0 Å². The van der Waals surface area contributed by atoms with Gasteiger partial charge in [-0.3, -0.25) is 0 Å². The highest BCUT2D eigenvalue weighted by Crippen LogP contribution is 2.31. The van der Waals surface area contributed by atoms with E-state index in [2.05, 4.69) is 15.3 Å². The minimum Gasteiger partial charge on any atom is -0.465 e. The van der Waals surface area contributed by atoms with Crippen LogP contribution in [0.1, 0.15) is 24.8 Å². The highest BCUT2D eigenvalue weighted by molar-refractivity contribution is 5.67. The number of carboxylic acid groups (broad SMARTS) is 1. The number of aromatic nitrogens is 2. The molecule has 0 aliphatic carbocycles. The molecule has 0 atom stereocenters. The van der Waals surface area contributed by atoms with Crippen molar-refractivity contribution in [3.8, 4) is 11.3 Å². The summed E-state index contributed by atoms with van der Waals surface area (Å²) in [5, 5.41) is 11.3. The van der Waals surface area contributed by atoms with Crippen molar-refractivity contribution in [3.05, 3.63) is 42.2 Å². The minimum atomic E-state index is -2.58. The molecular formula is C17H18F2N4O2. The fourth-order valence-corrected chi connectivity index (χ4v) is 3.02. The number of nitrogens with one attached hydrogen (secondary N) is 1. The Bertz CT molecular complexity index is 749. The van der Waals surface area contributed by atoms with E-state index in [1.807, 2.05) is 4.90 Å². The maximum absolute atomic E-state index is 13.2. The normalized spacial score (nSPS) is 15.4. The third kappa shape index (κ3) is 4.01. The lowest BCUT2D eigenvalue weighted by atomic mass is 10.0. The number of hydrogen-bond donors (Lipinski definition) is 2. The SMILES string of the molecule is O=C(O)NC1CCN(c2cc(-c3ccccc3C(F)F)ncn2)CC1. The minimum absolute atomic E-state index is 0.0588. The number of hydrogen-bond acceptors (Lipinski definition) is 4. The second-order valence-electron chi connectivity index (χ2n) is 5.86. The Morgan fingerprint density at radius 3 is 2.64 bits per heavy atom. The van der Waals surface area contributed by atoms with E-state index in [0.717, 1.165) is 0 Å². The van der Waals surface area contributed by atoms with Crippen LogP contribution >= 0.6 is 0 Å². The zero-order valence-corrected chi connectivity index (χ0v) is 13.4. The van der Waals surface area contributed by atoms with E-state index in [4.69, 9.17) is 5.11 Å². The molecule has 6 nitrogen and oxygen atoms in total. The summed E-state index contributed by atoms with van der Waals surface area (Å²) in [7, 11) is 0. The fourth-order valence-electron chi connectivity index (χ4n) is 3.02. The van der Waals surface area contributed by atoms with Crippen LogP contribution in [0.3, 0.4) is 0 Å². The van der Waals surface area contributed by atoms with Crippen molar-refractivity contribution in [2.24, 2.45) is 0 Å². The Balaban J connectivity index is 1.78. The Labute approximate surface area is 143 Å². The second kappa shape index (κ2) is 7.42. The Hall–Kier alpha value is -2.77. The van der Waals surface area contributed by atoms with Crippen LogP contribution in [0.15, 0.2) is 36.7 Å². The molecule has 132 valence electrons. The molecular weight excluding hydrogens is 330 g/mol. The smallest absolute Gasteiger partial charge is 0.404 e. The standard InChI is InChI=1S/C17H18F2N4O2/c18-16(19)13-4-2-1-3-12(13)14-9-15(21-10-20-14)23-7-5-11(6-8-23)22-17(24)25/h1-4,9-11,16,22H,5-8H2,(H,24,25). The quantitative estimate of drug-likeness (QED) is 0.886. The molecule has 0 bridgehead atoms.